The number of alkyl halides is 1. The summed E-state index contributed by atoms with van der Waals surface area (Å²) in [5, 5.41) is 0.750. The molecule has 1 atom stereocenters. The second kappa shape index (κ2) is 6.47. The molecule has 2 rings (SSSR count). The van der Waals surface area contributed by atoms with E-state index in [1.807, 2.05) is 17.9 Å². The number of hydrogen-bond donors (Lipinski definition) is 0. The number of carbonyl (C=O) groups is 1. The summed E-state index contributed by atoms with van der Waals surface area (Å²) in [4.78, 5) is 14.3. The van der Waals surface area contributed by atoms with Crippen LogP contribution in [0.4, 0.5) is 0 Å². The van der Waals surface area contributed by atoms with Gasteiger partial charge in [0.2, 0.25) is 0 Å². The van der Waals surface area contributed by atoms with Gasteiger partial charge in [0.1, 0.15) is 0 Å². The Labute approximate surface area is 132 Å². The quantitative estimate of drug-likeness (QED) is 0.703. The summed E-state index contributed by atoms with van der Waals surface area (Å²) < 4.78 is 0.826. The molecule has 5 heteroatoms. The highest BCUT2D eigenvalue weighted by molar-refractivity contribution is 9.10. The topological polar surface area (TPSA) is 20.3 Å². The third kappa shape index (κ3) is 3.87. The van der Waals surface area contributed by atoms with Gasteiger partial charge in [-0.2, -0.15) is 0 Å². The smallest absolute Gasteiger partial charge is 0.253 e. The first-order valence-corrected chi connectivity index (χ1v) is 7.97. The van der Waals surface area contributed by atoms with Crippen LogP contribution in [0, 0.1) is 5.92 Å². The maximum Gasteiger partial charge on any atom is 0.253 e. The minimum Gasteiger partial charge on any atom is -0.339 e. The Kier molecular flexibility index (Phi) is 5.15. The molecule has 1 aromatic carbocycles. The van der Waals surface area contributed by atoms with Crippen LogP contribution >= 0.6 is 39.1 Å². The molecule has 0 saturated carbocycles. The van der Waals surface area contributed by atoms with Gasteiger partial charge in [-0.05, 0) is 43.9 Å². The van der Waals surface area contributed by atoms with Crippen molar-refractivity contribution in [2.24, 2.45) is 5.92 Å². The Hall–Kier alpha value is -0.250. The Bertz CT molecular complexity index is 450. The summed E-state index contributed by atoms with van der Waals surface area (Å²) in [6.45, 7) is 3.56. The fraction of sp³-hybridized carbons (Fsp3) is 0.500. The average molecular weight is 365 g/mol. The van der Waals surface area contributed by atoms with Crippen molar-refractivity contribution in [3.63, 3.8) is 0 Å². The zero-order chi connectivity index (χ0) is 14.0. The fourth-order valence-electron chi connectivity index (χ4n) is 2.42. The minimum absolute atomic E-state index is 0.0453. The Morgan fingerprint density at radius 1 is 1.37 bits per heavy atom. The van der Waals surface area contributed by atoms with E-state index < -0.39 is 0 Å². The van der Waals surface area contributed by atoms with Gasteiger partial charge in [-0.15, -0.1) is 11.6 Å². The molecule has 19 heavy (non-hydrogen) atoms. The van der Waals surface area contributed by atoms with E-state index >= 15 is 0 Å². The zero-order valence-electron chi connectivity index (χ0n) is 10.7. The molecule has 1 amide bonds. The standard InChI is InChI=1S/C14H16BrCl2NO/c1-9(16)10-2-4-18(5-3-10)14(19)11-6-12(15)8-13(17)7-11/h6-10H,2-5H2,1H3. The number of nitrogens with zero attached hydrogens (tertiary/aromatic N) is 1. The molecule has 2 nitrogen and oxygen atoms in total. The molecule has 1 saturated heterocycles. The second-order valence-electron chi connectivity index (χ2n) is 4.97. The molecule has 1 aliphatic rings. The first kappa shape index (κ1) is 15.1. The Balaban J connectivity index is 2.05. The van der Waals surface area contributed by atoms with Crippen LogP contribution in [0.3, 0.4) is 0 Å². The number of benzene rings is 1. The van der Waals surface area contributed by atoms with E-state index in [-0.39, 0.29) is 11.3 Å². The van der Waals surface area contributed by atoms with Gasteiger partial charge in [0.15, 0.2) is 0 Å². The van der Waals surface area contributed by atoms with Crippen LogP contribution in [0.2, 0.25) is 5.02 Å². The Morgan fingerprint density at radius 2 is 2.00 bits per heavy atom. The van der Waals surface area contributed by atoms with Gasteiger partial charge in [0, 0.05) is 33.5 Å². The van der Waals surface area contributed by atoms with Crippen molar-refractivity contribution in [1.29, 1.82) is 0 Å². The predicted molar refractivity (Wildman–Crippen MR) is 83.1 cm³/mol. The molecule has 1 aliphatic heterocycles. The lowest BCUT2D eigenvalue weighted by atomic mass is 9.93. The SMILES string of the molecule is CC(Cl)C1CCN(C(=O)c2cc(Cl)cc(Br)c2)CC1. The summed E-state index contributed by atoms with van der Waals surface area (Å²) in [7, 11) is 0. The monoisotopic (exact) mass is 363 g/mol. The van der Waals surface area contributed by atoms with E-state index in [2.05, 4.69) is 15.9 Å². The second-order valence-corrected chi connectivity index (χ2v) is 7.01. The molecule has 104 valence electrons. The van der Waals surface area contributed by atoms with Gasteiger partial charge in [0.25, 0.3) is 5.91 Å². The highest BCUT2D eigenvalue weighted by atomic mass is 79.9. The molecule has 0 spiro atoms. The molecule has 1 aromatic rings. The summed E-state index contributed by atoms with van der Waals surface area (Å²) in [6, 6.07) is 5.30. The lowest BCUT2D eigenvalue weighted by Gasteiger charge is -2.33. The van der Waals surface area contributed by atoms with Crippen molar-refractivity contribution >= 4 is 45.0 Å². The van der Waals surface area contributed by atoms with Crippen LogP contribution in [-0.2, 0) is 0 Å². The largest absolute Gasteiger partial charge is 0.339 e. The summed E-state index contributed by atoms with van der Waals surface area (Å²) >= 11 is 15.5. The van der Waals surface area contributed by atoms with Crippen molar-refractivity contribution in [3.05, 3.63) is 33.3 Å². The zero-order valence-corrected chi connectivity index (χ0v) is 13.8. The first-order chi connectivity index (χ1) is 8.97. The van der Waals surface area contributed by atoms with Crippen molar-refractivity contribution < 1.29 is 4.79 Å². The molecular formula is C14H16BrCl2NO. The lowest BCUT2D eigenvalue weighted by molar-refractivity contribution is 0.0690. The fourth-order valence-corrected chi connectivity index (χ4v) is 3.53. The number of amides is 1. The van der Waals surface area contributed by atoms with Crippen molar-refractivity contribution in [1.82, 2.24) is 4.90 Å². The van der Waals surface area contributed by atoms with Crippen molar-refractivity contribution in [2.75, 3.05) is 13.1 Å². The number of halogens is 3. The Morgan fingerprint density at radius 3 is 2.53 bits per heavy atom. The van der Waals surface area contributed by atoms with E-state index in [0.717, 1.165) is 30.4 Å². The average Bonchev–Trinajstić information content (AvgIpc) is 2.37. The van der Waals surface area contributed by atoms with Gasteiger partial charge < -0.3 is 4.90 Å². The van der Waals surface area contributed by atoms with E-state index in [1.165, 1.54) is 0 Å². The van der Waals surface area contributed by atoms with Crippen molar-refractivity contribution in [2.45, 2.75) is 25.1 Å². The number of likely N-dealkylation sites (tertiary alicyclic amines) is 1. The van der Waals surface area contributed by atoms with E-state index in [1.54, 1.807) is 12.1 Å². The van der Waals surface area contributed by atoms with Gasteiger partial charge in [-0.25, -0.2) is 0 Å². The molecule has 1 heterocycles. The minimum atomic E-state index is 0.0453. The highest BCUT2D eigenvalue weighted by Crippen LogP contribution is 2.26. The van der Waals surface area contributed by atoms with Crippen LogP contribution in [0.15, 0.2) is 22.7 Å². The first-order valence-electron chi connectivity index (χ1n) is 6.37. The van der Waals surface area contributed by atoms with Crippen LogP contribution in [0.25, 0.3) is 0 Å². The van der Waals surface area contributed by atoms with Crippen LogP contribution in [0.1, 0.15) is 30.1 Å². The molecule has 0 N–H and O–H groups in total. The number of carbonyl (C=O) groups excluding carboxylic acids is 1. The maximum absolute atomic E-state index is 12.4. The summed E-state index contributed by atoms with van der Waals surface area (Å²) in [5.41, 5.74) is 0.636. The maximum atomic E-state index is 12.4. The lowest BCUT2D eigenvalue weighted by Crippen LogP contribution is -2.40. The number of hydrogen-bond acceptors (Lipinski definition) is 1. The van der Waals surface area contributed by atoms with Crippen LogP contribution in [-0.4, -0.2) is 29.3 Å². The summed E-state index contributed by atoms with van der Waals surface area (Å²) in [6.07, 6.45) is 1.94. The third-order valence-corrected chi connectivity index (χ3v) is 4.62. The molecule has 0 radical (unpaired) electrons. The molecule has 1 fully saturated rings. The van der Waals surface area contributed by atoms with Crippen LogP contribution < -0.4 is 0 Å². The highest BCUT2D eigenvalue weighted by Gasteiger charge is 2.26. The predicted octanol–water partition coefficient (Wildman–Crippen LogP) is 4.58. The van der Waals surface area contributed by atoms with E-state index in [9.17, 15) is 4.79 Å². The van der Waals surface area contributed by atoms with Gasteiger partial charge >= 0.3 is 0 Å². The van der Waals surface area contributed by atoms with E-state index in [4.69, 9.17) is 23.2 Å². The third-order valence-electron chi connectivity index (χ3n) is 3.59. The van der Waals surface area contributed by atoms with Gasteiger partial charge in [-0.1, -0.05) is 27.5 Å². The van der Waals surface area contributed by atoms with Gasteiger partial charge in [0.05, 0.1) is 0 Å². The summed E-state index contributed by atoms with van der Waals surface area (Å²) in [5.74, 6) is 0.556. The van der Waals surface area contributed by atoms with E-state index in [0.29, 0.717) is 16.5 Å². The molecule has 0 bridgehead atoms. The number of piperidine rings is 1. The van der Waals surface area contributed by atoms with Crippen molar-refractivity contribution in [3.8, 4) is 0 Å². The van der Waals surface area contributed by atoms with Crippen LogP contribution in [0.5, 0.6) is 0 Å². The molecular weight excluding hydrogens is 349 g/mol. The molecule has 1 unspecified atom stereocenters. The molecule has 0 aliphatic carbocycles. The normalized spacial score (nSPS) is 18.4. The van der Waals surface area contributed by atoms with Gasteiger partial charge in [-0.3, -0.25) is 4.79 Å². The number of rotatable bonds is 2. The molecule has 0 aromatic heterocycles.